The third-order valence-electron chi connectivity index (χ3n) is 12.9. The second-order valence-electron chi connectivity index (χ2n) is 20.7. The van der Waals surface area contributed by atoms with Crippen LogP contribution in [0.15, 0.2) is 0 Å². The van der Waals surface area contributed by atoms with Gasteiger partial charge < -0.3 is 27.9 Å². The van der Waals surface area contributed by atoms with Crippen molar-refractivity contribution in [3.8, 4) is 0 Å². The van der Waals surface area contributed by atoms with E-state index >= 15 is 0 Å². The summed E-state index contributed by atoms with van der Waals surface area (Å²) in [5, 5.41) is 0. The van der Waals surface area contributed by atoms with E-state index in [2.05, 4.69) is 13.8 Å². The molecule has 0 saturated carbocycles. The largest absolute Gasteiger partial charge is 0.756 e. The number of quaternary nitrogens is 1. The molecule has 0 rings (SSSR count). The number of rotatable bonds is 54. The first kappa shape index (κ1) is 63.5. The first-order valence-corrected chi connectivity index (χ1v) is 29.7. The highest BCUT2D eigenvalue weighted by atomic mass is 31.2. The van der Waals surface area contributed by atoms with Gasteiger partial charge in [-0.3, -0.25) is 9.36 Å². The minimum Gasteiger partial charge on any atom is -0.756 e. The van der Waals surface area contributed by atoms with Crippen LogP contribution < -0.4 is 4.89 Å². The van der Waals surface area contributed by atoms with Crippen molar-refractivity contribution in [2.75, 3.05) is 54.1 Å². The molecule has 0 aliphatic carbocycles. The molecule has 0 aliphatic heterocycles. The molecule has 0 spiro atoms. The minimum atomic E-state index is -4.52. The van der Waals surface area contributed by atoms with Crippen molar-refractivity contribution < 1.29 is 37.3 Å². The smallest absolute Gasteiger partial charge is 0.306 e. The summed E-state index contributed by atoms with van der Waals surface area (Å²) in [5.41, 5.74) is 0. The minimum absolute atomic E-state index is 0.0319. The van der Waals surface area contributed by atoms with Crippen LogP contribution in [0.5, 0.6) is 0 Å². The second kappa shape index (κ2) is 48.9. The molecule has 0 saturated heterocycles. The number of carbonyl (C=O) groups is 1. The SMILES string of the molecule is CCCCCCCCCCCCCCCCCCCCCCCCOCC(COP(=O)([O-])OCC[N+](C)(C)C)OC(=O)CCCCCCCCCCCCCCCCCCCCCC. The Labute approximate surface area is 399 Å². The van der Waals surface area contributed by atoms with E-state index in [1.807, 2.05) is 21.1 Å². The topological polar surface area (TPSA) is 94.1 Å². The van der Waals surface area contributed by atoms with Gasteiger partial charge in [-0.2, -0.15) is 0 Å². The lowest BCUT2D eigenvalue weighted by molar-refractivity contribution is -0.870. The fourth-order valence-electron chi connectivity index (χ4n) is 8.55. The van der Waals surface area contributed by atoms with Crippen LogP contribution in [0.3, 0.4) is 0 Å². The summed E-state index contributed by atoms with van der Waals surface area (Å²) in [6.07, 6.45) is 55.7. The standard InChI is InChI=1S/C55H112NO7P/c1-6-8-10-12-14-16-18-20-22-24-26-28-29-31-33-35-37-39-41-43-45-47-50-60-52-54(53-62-64(58,59)61-51-49-56(3,4)5)63-55(57)48-46-44-42-40-38-36-34-32-30-27-25-23-21-19-17-15-13-11-9-7-2/h54H,6-53H2,1-5H3. The van der Waals surface area contributed by atoms with Crippen molar-refractivity contribution in [1.82, 2.24) is 0 Å². The van der Waals surface area contributed by atoms with Gasteiger partial charge in [0.1, 0.15) is 19.3 Å². The third-order valence-corrected chi connectivity index (χ3v) is 13.9. The lowest BCUT2D eigenvalue weighted by Crippen LogP contribution is -2.37. The molecule has 0 bridgehead atoms. The molecule has 384 valence electrons. The summed E-state index contributed by atoms with van der Waals surface area (Å²) in [7, 11) is 1.38. The highest BCUT2D eigenvalue weighted by molar-refractivity contribution is 7.45. The van der Waals surface area contributed by atoms with Crippen LogP contribution >= 0.6 is 7.82 Å². The van der Waals surface area contributed by atoms with E-state index in [0.29, 0.717) is 24.1 Å². The summed E-state index contributed by atoms with van der Waals surface area (Å²) in [4.78, 5) is 25.2. The number of phosphoric ester groups is 1. The highest BCUT2D eigenvalue weighted by Crippen LogP contribution is 2.38. The summed E-state index contributed by atoms with van der Waals surface area (Å²) < 4.78 is 34.9. The number of carbonyl (C=O) groups excluding carboxylic acids is 1. The molecule has 0 aromatic rings. The molecule has 0 aromatic carbocycles. The Morgan fingerprint density at radius 2 is 0.719 bits per heavy atom. The number of ether oxygens (including phenoxy) is 2. The maximum Gasteiger partial charge on any atom is 0.306 e. The lowest BCUT2D eigenvalue weighted by Gasteiger charge is -2.28. The van der Waals surface area contributed by atoms with E-state index < -0.39 is 13.9 Å². The fourth-order valence-corrected chi connectivity index (χ4v) is 9.28. The quantitative estimate of drug-likeness (QED) is 0.0259. The first-order valence-electron chi connectivity index (χ1n) is 28.3. The molecule has 0 heterocycles. The predicted molar refractivity (Wildman–Crippen MR) is 273 cm³/mol. The van der Waals surface area contributed by atoms with Crippen LogP contribution in [0.4, 0.5) is 0 Å². The van der Waals surface area contributed by atoms with Gasteiger partial charge in [0.25, 0.3) is 7.82 Å². The van der Waals surface area contributed by atoms with Crippen molar-refractivity contribution >= 4 is 13.8 Å². The number of esters is 1. The first-order chi connectivity index (χ1) is 31.1. The summed E-state index contributed by atoms with van der Waals surface area (Å²) >= 11 is 0. The van der Waals surface area contributed by atoms with E-state index in [1.165, 1.54) is 238 Å². The van der Waals surface area contributed by atoms with E-state index in [4.69, 9.17) is 18.5 Å². The van der Waals surface area contributed by atoms with E-state index in [9.17, 15) is 14.3 Å². The van der Waals surface area contributed by atoms with Crippen LogP contribution in [-0.2, 0) is 27.9 Å². The van der Waals surface area contributed by atoms with Gasteiger partial charge in [-0.05, 0) is 12.8 Å². The van der Waals surface area contributed by atoms with Gasteiger partial charge in [0.15, 0.2) is 0 Å². The molecule has 0 amide bonds. The van der Waals surface area contributed by atoms with Crippen LogP contribution in [-0.4, -0.2) is 70.7 Å². The zero-order chi connectivity index (χ0) is 46.9. The molecule has 2 unspecified atom stereocenters. The molecule has 9 heteroatoms. The normalized spacial score (nSPS) is 13.4. The van der Waals surface area contributed by atoms with Crippen LogP contribution in [0.2, 0.25) is 0 Å². The van der Waals surface area contributed by atoms with Crippen LogP contribution in [0, 0.1) is 0 Å². The van der Waals surface area contributed by atoms with Gasteiger partial charge in [-0.15, -0.1) is 0 Å². The predicted octanol–water partition coefficient (Wildman–Crippen LogP) is 16.9. The Kier molecular flexibility index (Phi) is 48.6. The molecule has 0 N–H and O–H groups in total. The molecule has 0 aromatic heterocycles. The Balaban J connectivity index is 4.02. The number of nitrogens with zero attached hydrogens (tertiary/aromatic N) is 1. The lowest BCUT2D eigenvalue weighted by atomic mass is 10.0. The average Bonchev–Trinajstić information content (AvgIpc) is 3.25. The second-order valence-corrected chi connectivity index (χ2v) is 22.1. The van der Waals surface area contributed by atoms with Crippen molar-refractivity contribution in [3.05, 3.63) is 0 Å². The molecule has 64 heavy (non-hydrogen) atoms. The fraction of sp³-hybridized carbons (Fsp3) is 0.982. The van der Waals surface area contributed by atoms with Crippen LogP contribution in [0.25, 0.3) is 0 Å². The number of hydrogen-bond acceptors (Lipinski definition) is 7. The van der Waals surface area contributed by atoms with Gasteiger partial charge in [0.2, 0.25) is 0 Å². The monoisotopic (exact) mass is 930 g/mol. The van der Waals surface area contributed by atoms with Gasteiger partial charge in [-0.25, -0.2) is 0 Å². The van der Waals surface area contributed by atoms with Crippen molar-refractivity contribution in [2.24, 2.45) is 0 Å². The molecule has 2 atom stereocenters. The van der Waals surface area contributed by atoms with Crippen LogP contribution in [0.1, 0.15) is 290 Å². The van der Waals surface area contributed by atoms with E-state index in [1.54, 1.807) is 0 Å². The van der Waals surface area contributed by atoms with Crippen molar-refractivity contribution in [1.29, 1.82) is 0 Å². The van der Waals surface area contributed by atoms with Gasteiger partial charge >= 0.3 is 5.97 Å². The summed E-state index contributed by atoms with van der Waals surface area (Å²) in [6, 6.07) is 0. The highest BCUT2D eigenvalue weighted by Gasteiger charge is 2.20. The van der Waals surface area contributed by atoms with Gasteiger partial charge in [-0.1, -0.05) is 271 Å². The summed E-state index contributed by atoms with van der Waals surface area (Å²) in [5.74, 6) is -0.323. The number of likely N-dealkylation sites (N-methyl/N-ethyl adjacent to an activating group) is 1. The molecular weight excluding hydrogens is 818 g/mol. The molecule has 0 aliphatic rings. The summed E-state index contributed by atoms with van der Waals surface area (Å²) in [6.45, 7) is 5.51. The Morgan fingerprint density at radius 3 is 1.03 bits per heavy atom. The number of unbranched alkanes of at least 4 members (excludes halogenated alkanes) is 40. The Hall–Kier alpha value is -0.500. The Bertz CT molecular complexity index is 992. The third kappa shape index (κ3) is 52.5. The van der Waals surface area contributed by atoms with E-state index in [-0.39, 0.29) is 25.8 Å². The average molecular weight is 930 g/mol. The zero-order valence-electron chi connectivity index (χ0n) is 43.8. The van der Waals surface area contributed by atoms with Crippen molar-refractivity contribution in [2.45, 2.75) is 296 Å². The van der Waals surface area contributed by atoms with Gasteiger partial charge in [0.05, 0.1) is 34.4 Å². The Morgan fingerprint density at radius 1 is 0.422 bits per heavy atom. The van der Waals surface area contributed by atoms with Gasteiger partial charge in [0, 0.05) is 13.0 Å². The maximum atomic E-state index is 12.8. The number of phosphoric acid groups is 1. The number of hydrogen-bond donors (Lipinski definition) is 0. The zero-order valence-corrected chi connectivity index (χ0v) is 44.7. The van der Waals surface area contributed by atoms with Crippen molar-refractivity contribution in [3.63, 3.8) is 0 Å². The molecule has 0 radical (unpaired) electrons. The maximum absolute atomic E-state index is 12.8. The molecule has 0 fully saturated rings. The van der Waals surface area contributed by atoms with E-state index in [0.717, 1.165) is 32.1 Å². The molecular formula is C55H112NO7P. The molecule has 8 nitrogen and oxygen atoms in total.